The number of benzene rings is 1. The summed E-state index contributed by atoms with van der Waals surface area (Å²) in [5.41, 5.74) is 1.90. The number of ether oxygens (including phenoxy) is 1. The lowest BCUT2D eigenvalue weighted by molar-refractivity contribution is -0.139. The summed E-state index contributed by atoms with van der Waals surface area (Å²) in [6, 6.07) is 6.36. The minimum atomic E-state index is -0.594. The van der Waals surface area contributed by atoms with E-state index in [-0.39, 0.29) is 12.6 Å². The molecular formula is C20H27ClN4O3. The van der Waals surface area contributed by atoms with Gasteiger partial charge < -0.3 is 15.0 Å². The second kappa shape index (κ2) is 8.94. The first-order chi connectivity index (χ1) is 13.4. The number of amides is 2. The number of piperazine rings is 1. The fourth-order valence-corrected chi connectivity index (χ4v) is 3.75. The van der Waals surface area contributed by atoms with E-state index >= 15 is 0 Å². The van der Waals surface area contributed by atoms with Crippen LogP contribution in [0.1, 0.15) is 18.5 Å². The number of esters is 1. The van der Waals surface area contributed by atoms with Crippen molar-refractivity contribution in [3.63, 3.8) is 0 Å². The van der Waals surface area contributed by atoms with Crippen molar-refractivity contribution >= 4 is 23.6 Å². The van der Waals surface area contributed by atoms with Crippen LogP contribution in [0.3, 0.4) is 0 Å². The normalized spacial score (nSPS) is 21.6. The summed E-state index contributed by atoms with van der Waals surface area (Å²) < 4.78 is 5.35. The minimum Gasteiger partial charge on any atom is -0.463 e. The Morgan fingerprint density at radius 2 is 1.96 bits per heavy atom. The summed E-state index contributed by atoms with van der Waals surface area (Å²) in [6.45, 7) is 6.23. The Labute approximate surface area is 170 Å². The van der Waals surface area contributed by atoms with Gasteiger partial charge in [0.05, 0.1) is 18.2 Å². The lowest BCUT2D eigenvalue weighted by atomic mass is 9.94. The van der Waals surface area contributed by atoms with Gasteiger partial charge >= 0.3 is 12.0 Å². The largest absolute Gasteiger partial charge is 0.463 e. The Kier molecular flexibility index (Phi) is 6.59. The number of nitrogens with one attached hydrogen (secondary N) is 1. The molecule has 2 aliphatic rings. The van der Waals surface area contributed by atoms with Crippen LogP contribution in [0.5, 0.6) is 0 Å². The van der Waals surface area contributed by atoms with Crippen molar-refractivity contribution in [3.05, 3.63) is 46.1 Å². The number of likely N-dealkylation sites (N-methyl/N-ethyl adjacent to an activating group) is 2. The Morgan fingerprint density at radius 1 is 1.25 bits per heavy atom. The predicted octanol–water partition coefficient (Wildman–Crippen LogP) is 2.10. The fraction of sp³-hybridized carbons (Fsp3) is 0.500. The minimum absolute atomic E-state index is 0.248. The van der Waals surface area contributed by atoms with Crippen molar-refractivity contribution in [2.75, 3.05) is 53.4 Å². The maximum atomic E-state index is 12.9. The Balaban J connectivity index is 2.02. The third-order valence-corrected chi connectivity index (χ3v) is 5.46. The second-order valence-electron chi connectivity index (χ2n) is 7.16. The predicted molar refractivity (Wildman–Crippen MR) is 108 cm³/mol. The second-order valence-corrected chi connectivity index (χ2v) is 7.59. The molecule has 1 atom stereocenters. The number of urea groups is 1. The van der Waals surface area contributed by atoms with E-state index < -0.39 is 12.0 Å². The Hall–Kier alpha value is -2.09. The lowest BCUT2D eigenvalue weighted by Crippen LogP contribution is -2.51. The highest BCUT2D eigenvalue weighted by molar-refractivity contribution is 6.30. The zero-order valence-electron chi connectivity index (χ0n) is 16.6. The van der Waals surface area contributed by atoms with Crippen molar-refractivity contribution in [3.8, 4) is 0 Å². The molecule has 0 saturated carbocycles. The van der Waals surface area contributed by atoms with Gasteiger partial charge in [-0.1, -0.05) is 23.7 Å². The number of carbonyl (C=O) groups excluding carboxylic acids is 2. The van der Waals surface area contributed by atoms with Gasteiger partial charge in [0.2, 0.25) is 0 Å². The number of hydrogen-bond donors (Lipinski definition) is 1. The summed E-state index contributed by atoms with van der Waals surface area (Å²) in [4.78, 5) is 31.6. The molecule has 2 heterocycles. The van der Waals surface area contributed by atoms with E-state index in [1.165, 1.54) is 4.90 Å². The SMILES string of the molecule is CCOC(=O)C1=C(CN2CCN(C)CC2)N(C)C(=O)N[C@@H]1c1cccc(Cl)c1. The lowest BCUT2D eigenvalue weighted by Gasteiger charge is -2.38. The molecule has 2 amide bonds. The first-order valence-corrected chi connectivity index (χ1v) is 9.89. The summed E-state index contributed by atoms with van der Waals surface area (Å²) in [5.74, 6) is -0.413. The van der Waals surface area contributed by atoms with Crippen LogP contribution in [-0.2, 0) is 9.53 Å². The van der Waals surface area contributed by atoms with E-state index in [0.717, 1.165) is 31.7 Å². The molecule has 0 unspecified atom stereocenters. The average molecular weight is 407 g/mol. The molecule has 1 saturated heterocycles. The van der Waals surface area contributed by atoms with Crippen LogP contribution < -0.4 is 5.32 Å². The Morgan fingerprint density at radius 3 is 2.61 bits per heavy atom. The molecule has 28 heavy (non-hydrogen) atoms. The molecule has 152 valence electrons. The molecule has 0 radical (unpaired) electrons. The number of nitrogens with zero attached hydrogens (tertiary/aromatic N) is 3. The zero-order valence-corrected chi connectivity index (χ0v) is 17.3. The van der Waals surface area contributed by atoms with Crippen LogP contribution >= 0.6 is 11.6 Å². The van der Waals surface area contributed by atoms with Crippen molar-refractivity contribution in [1.29, 1.82) is 0 Å². The van der Waals surface area contributed by atoms with Crippen LogP contribution in [0.25, 0.3) is 0 Å². The summed E-state index contributed by atoms with van der Waals surface area (Å²) in [5, 5.41) is 3.47. The van der Waals surface area contributed by atoms with Crippen LogP contribution in [-0.4, -0.2) is 80.1 Å². The van der Waals surface area contributed by atoms with Gasteiger partial charge in [-0.2, -0.15) is 0 Å². The van der Waals surface area contributed by atoms with Gasteiger partial charge in [0.15, 0.2) is 0 Å². The van der Waals surface area contributed by atoms with Crippen LogP contribution in [0, 0.1) is 0 Å². The van der Waals surface area contributed by atoms with Gasteiger partial charge in [0, 0.05) is 50.5 Å². The Bertz CT molecular complexity index is 774. The van der Waals surface area contributed by atoms with E-state index in [2.05, 4.69) is 22.2 Å². The van der Waals surface area contributed by atoms with Crippen molar-refractivity contribution in [2.45, 2.75) is 13.0 Å². The molecule has 2 aliphatic heterocycles. The van der Waals surface area contributed by atoms with Gasteiger partial charge in [-0.15, -0.1) is 0 Å². The summed E-state index contributed by atoms with van der Waals surface area (Å²) in [7, 11) is 3.78. The molecule has 0 aliphatic carbocycles. The van der Waals surface area contributed by atoms with E-state index in [4.69, 9.17) is 16.3 Å². The molecule has 0 aromatic heterocycles. The van der Waals surface area contributed by atoms with Gasteiger partial charge in [-0.3, -0.25) is 9.80 Å². The van der Waals surface area contributed by atoms with Gasteiger partial charge in [0.25, 0.3) is 0 Å². The van der Waals surface area contributed by atoms with Crippen molar-refractivity contribution in [2.24, 2.45) is 0 Å². The summed E-state index contributed by atoms with van der Waals surface area (Å²) >= 11 is 6.16. The van der Waals surface area contributed by atoms with E-state index in [9.17, 15) is 9.59 Å². The first-order valence-electron chi connectivity index (χ1n) is 9.51. The van der Waals surface area contributed by atoms with Crippen LogP contribution in [0.15, 0.2) is 35.5 Å². The molecular weight excluding hydrogens is 380 g/mol. The molecule has 3 rings (SSSR count). The standard InChI is InChI=1S/C20H27ClN4O3/c1-4-28-19(26)17-16(13-25-10-8-23(2)9-11-25)24(3)20(27)22-18(17)14-6-5-7-15(21)12-14/h5-7,12,18H,4,8-11,13H2,1-3H3,(H,22,27)/t18-/m1/s1. The number of hydrogen-bond acceptors (Lipinski definition) is 5. The maximum Gasteiger partial charge on any atom is 0.338 e. The maximum absolute atomic E-state index is 12.9. The molecule has 0 bridgehead atoms. The molecule has 7 nitrogen and oxygen atoms in total. The van der Waals surface area contributed by atoms with Crippen LogP contribution in [0.4, 0.5) is 4.79 Å². The molecule has 0 spiro atoms. The molecule has 1 aromatic rings. The third-order valence-electron chi connectivity index (χ3n) is 5.22. The molecule has 8 heteroatoms. The van der Waals surface area contributed by atoms with Crippen LogP contribution in [0.2, 0.25) is 5.02 Å². The zero-order chi connectivity index (χ0) is 20.3. The van der Waals surface area contributed by atoms with E-state index in [0.29, 0.717) is 22.8 Å². The highest BCUT2D eigenvalue weighted by atomic mass is 35.5. The van der Waals surface area contributed by atoms with Gasteiger partial charge in [-0.05, 0) is 31.7 Å². The first kappa shape index (κ1) is 20.6. The highest BCUT2D eigenvalue weighted by Gasteiger charge is 2.37. The monoisotopic (exact) mass is 406 g/mol. The van der Waals surface area contributed by atoms with Gasteiger partial charge in [-0.25, -0.2) is 9.59 Å². The van der Waals surface area contributed by atoms with Crippen molar-refractivity contribution in [1.82, 2.24) is 20.0 Å². The summed E-state index contributed by atoms with van der Waals surface area (Å²) in [6.07, 6.45) is 0. The number of rotatable bonds is 5. The quantitative estimate of drug-likeness (QED) is 0.758. The van der Waals surface area contributed by atoms with E-state index in [1.807, 2.05) is 12.1 Å². The van der Waals surface area contributed by atoms with Crippen molar-refractivity contribution < 1.29 is 14.3 Å². The molecule has 1 N–H and O–H groups in total. The third kappa shape index (κ3) is 4.48. The smallest absolute Gasteiger partial charge is 0.338 e. The molecule has 1 fully saturated rings. The number of carbonyl (C=O) groups is 2. The van der Waals surface area contributed by atoms with E-state index in [1.54, 1.807) is 26.1 Å². The molecule has 1 aromatic carbocycles. The highest BCUT2D eigenvalue weighted by Crippen LogP contribution is 2.32. The fourth-order valence-electron chi connectivity index (χ4n) is 3.55. The number of halogens is 1. The average Bonchev–Trinajstić information content (AvgIpc) is 2.67. The van der Waals surface area contributed by atoms with Gasteiger partial charge in [0.1, 0.15) is 0 Å². The topological polar surface area (TPSA) is 65.1 Å².